The van der Waals surface area contributed by atoms with Crippen molar-refractivity contribution in [3.8, 4) is 0 Å². The summed E-state index contributed by atoms with van der Waals surface area (Å²) in [6, 6.07) is 11.1. The monoisotopic (exact) mass is 192 g/mol. The minimum Gasteiger partial charge on any atom is -0.431 e. The maximum atomic E-state index is 9.56. The maximum Gasteiger partial charge on any atom is 0.196 e. The molecule has 1 unspecified atom stereocenters. The van der Waals surface area contributed by atoms with Crippen LogP contribution in [0.25, 0.3) is 6.08 Å². The van der Waals surface area contributed by atoms with Gasteiger partial charge in [0.25, 0.3) is 0 Å². The van der Waals surface area contributed by atoms with Gasteiger partial charge in [0, 0.05) is 0 Å². The molecule has 0 radical (unpaired) electrons. The van der Waals surface area contributed by atoms with Crippen LogP contribution < -0.4 is 0 Å². The second-order valence-electron chi connectivity index (χ2n) is 3.13. The zero-order valence-corrected chi connectivity index (χ0v) is 9.13. The molecule has 0 fully saturated rings. The second-order valence-corrected chi connectivity index (χ2v) is 5.22. The topological polar surface area (TPSA) is 20.2 Å². The average Bonchev–Trinajstić information content (AvgIpc) is 2.17. The van der Waals surface area contributed by atoms with E-state index in [1.165, 1.54) is 5.56 Å². The van der Waals surface area contributed by atoms with Gasteiger partial charge in [-0.3, -0.25) is 0 Å². The van der Waals surface area contributed by atoms with E-state index in [1.807, 2.05) is 42.1 Å². The van der Waals surface area contributed by atoms with Crippen molar-refractivity contribution in [3.63, 3.8) is 0 Å². The molecule has 70 valence electrons. The molecule has 0 aliphatic rings. The highest BCUT2D eigenvalue weighted by Crippen LogP contribution is 2.03. The Morgan fingerprint density at radius 1 is 1.31 bits per heavy atom. The minimum absolute atomic E-state index is 0.976. The third-order valence-electron chi connectivity index (χ3n) is 1.89. The van der Waals surface area contributed by atoms with Crippen molar-refractivity contribution in [2.24, 2.45) is 0 Å². The Morgan fingerprint density at radius 3 is 2.62 bits per heavy atom. The number of hydrogen-bond acceptors (Lipinski definition) is 1. The molecule has 0 bridgehead atoms. The van der Waals surface area contributed by atoms with Gasteiger partial charge < -0.3 is 4.80 Å². The lowest BCUT2D eigenvalue weighted by Crippen LogP contribution is -2.06. The Bertz CT molecular complexity index is 256. The Labute approximate surface area is 81.5 Å². The molecular formula is C11H16OSi. The lowest BCUT2D eigenvalue weighted by molar-refractivity contribution is 0.580. The number of hydrogen-bond donors (Lipinski definition) is 1. The summed E-state index contributed by atoms with van der Waals surface area (Å²) in [7, 11) is -1.55. The normalized spacial score (nSPS) is 13.4. The first-order valence-corrected chi connectivity index (χ1v) is 6.74. The van der Waals surface area contributed by atoms with Crippen molar-refractivity contribution in [1.82, 2.24) is 0 Å². The fourth-order valence-corrected chi connectivity index (χ4v) is 2.41. The van der Waals surface area contributed by atoms with Gasteiger partial charge >= 0.3 is 0 Å². The summed E-state index contributed by atoms with van der Waals surface area (Å²) in [5, 5.41) is 0. The largest absolute Gasteiger partial charge is 0.431 e. The molecule has 0 aromatic heterocycles. The Morgan fingerprint density at radius 2 is 2.00 bits per heavy atom. The number of rotatable bonds is 4. The molecule has 1 rings (SSSR count). The first-order chi connectivity index (χ1) is 6.33. The van der Waals surface area contributed by atoms with E-state index in [-0.39, 0.29) is 0 Å². The van der Waals surface area contributed by atoms with Crippen LogP contribution >= 0.6 is 0 Å². The predicted molar refractivity (Wildman–Crippen MR) is 59.9 cm³/mol. The molecule has 1 aromatic rings. The van der Waals surface area contributed by atoms with Gasteiger partial charge in [-0.25, -0.2) is 0 Å². The zero-order chi connectivity index (χ0) is 9.52. The van der Waals surface area contributed by atoms with E-state index in [0.717, 1.165) is 12.5 Å². The highest BCUT2D eigenvalue weighted by molar-refractivity contribution is 6.57. The van der Waals surface area contributed by atoms with Crippen LogP contribution in [0.3, 0.4) is 0 Å². The average molecular weight is 192 g/mol. The van der Waals surface area contributed by atoms with Crippen LogP contribution in [0.15, 0.2) is 36.0 Å². The molecule has 1 atom stereocenters. The maximum absolute atomic E-state index is 9.56. The highest BCUT2D eigenvalue weighted by atomic mass is 28.3. The molecule has 1 N–H and O–H groups in total. The Balaban J connectivity index is 2.49. The molecular weight excluding hydrogens is 176 g/mol. The molecule has 0 saturated carbocycles. The summed E-state index contributed by atoms with van der Waals surface area (Å²) in [5.41, 5.74) is 3.16. The van der Waals surface area contributed by atoms with E-state index in [4.69, 9.17) is 0 Å². The Hall–Kier alpha value is -0.863. The van der Waals surface area contributed by atoms with Crippen molar-refractivity contribution in [1.29, 1.82) is 0 Å². The first kappa shape index (κ1) is 10.2. The summed E-state index contributed by atoms with van der Waals surface area (Å²) >= 11 is 0. The summed E-state index contributed by atoms with van der Waals surface area (Å²) in [5.74, 6) is 0. The van der Waals surface area contributed by atoms with Gasteiger partial charge in [-0.05, 0) is 11.6 Å². The van der Waals surface area contributed by atoms with Gasteiger partial charge in [-0.15, -0.1) is 0 Å². The van der Waals surface area contributed by atoms with Crippen LogP contribution in [0.4, 0.5) is 0 Å². The summed E-state index contributed by atoms with van der Waals surface area (Å²) in [6.45, 7) is 2.10. The second kappa shape index (κ2) is 5.73. The van der Waals surface area contributed by atoms with Gasteiger partial charge in [0.2, 0.25) is 0 Å². The molecule has 0 spiro atoms. The van der Waals surface area contributed by atoms with Gasteiger partial charge in [-0.1, -0.05) is 55.5 Å². The van der Waals surface area contributed by atoms with Gasteiger partial charge in [-0.2, -0.15) is 0 Å². The van der Waals surface area contributed by atoms with Crippen molar-refractivity contribution in [2.45, 2.75) is 19.4 Å². The van der Waals surface area contributed by atoms with Crippen molar-refractivity contribution in [3.05, 3.63) is 41.6 Å². The van der Waals surface area contributed by atoms with Crippen LogP contribution in [-0.4, -0.2) is 13.8 Å². The van der Waals surface area contributed by atoms with Crippen LogP contribution in [0.2, 0.25) is 6.04 Å². The Kier molecular flexibility index (Phi) is 4.50. The van der Waals surface area contributed by atoms with E-state index < -0.39 is 9.04 Å². The van der Waals surface area contributed by atoms with Crippen LogP contribution in [0.5, 0.6) is 0 Å². The quantitative estimate of drug-likeness (QED) is 0.726. The lowest BCUT2D eigenvalue weighted by atomic mass is 10.2. The van der Waals surface area contributed by atoms with Crippen molar-refractivity contribution >= 4 is 15.1 Å². The standard InChI is InChI=1S/C11H16OSi/c1-2-9-13(12)10-8-11-6-4-3-5-7-11/h3-8,10,12-13H,2,9H2,1H3. The van der Waals surface area contributed by atoms with E-state index in [1.54, 1.807) is 0 Å². The van der Waals surface area contributed by atoms with Crippen LogP contribution in [0.1, 0.15) is 18.9 Å². The van der Waals surface area contributed by atoms with Crippen LogP contribution in [0, 0.1) is 0 Å². The highest BCUT2D eigenvalue weighted by Gasteiger charge is 1.98. The summed E-state index contributed by atoms with van der Waals surface area (Å²) in [4.78, 5) is 9.56. The summed E-state index contributed by atoms with van der Waals surface area (Å²) in [6.07, 6.45) is 3.10. The molecule has 13 heavy (non-hydrogen) atoms. The first-order valence-electron chi connectivity index (χ1n) is 4.74. The van der Waals surface area contributed by atoms with E-state index in [2.05, 4.69) is 6.92 Å². The number of benzene rings is 1. The predicted octanol–water partition coefficient (Wildman–Crippen LogP) is 2.37. The van der Waals surface area contributed by atoms with Crippen molar-refractivity contribution < 1.29 is 4.80 Å². The molecule has 2 heteroatoms. The molecule has 0 aliphatic carbocycles. The molecule has 0 aliphatic heterocycles. The molecule has 0 saturated heterocycles. The summed E-state index contributed by atoms with van der Waals surface area (Å²) < 4.78 is 0. The van der Waals surface area contributed by atoms with E-state index >= 15 is 0 Å². The molecule has 0 amide bonds. The SMILES string of the molecule is CCC[SiH](O)C=Cc1ccccc1. The third-order valence-corrected chi connectivity index (χ3v) is 3.70. The van der Waals surface area contributed by atoms with Crippen LogP contribution in [-0.2, 0) is 0 Å². The van der Waals surface area contributed by atoms with Gasteiger partial charge in [0.15, 0.2) is 9.04 Å². The van der Waals surface area contributed by atoms with E-state index in [9.17, 15) is 4.80 Å². The zero-order valence-electron chi connectivity index (χ0n) is 7.98. The lowest BCUT2D eigenvalue weighted by Gasteiger charge is -1.98. The molecule has 1 aromatic carbocycles. The molecule has 0 heterocycles. The smallest absolute Gasteiger partial charge is 0.196 e. The third kappa shape index (κ3) is 4.06. The van der Waals surface area contributed by atoms with Gasteiger partial charge in [0.05, 0.1) is 0 Å². The van der Waals surface area contributed by atoms with E-state index in [0.29, 0.717) is 0 Å². The minimum atomic E-state index is -1.55. The van der Waals surface area contributed by atoms with Crippen molar-refractivity contribution in [2.75, 3.05) is 0 Å². The van der Waals surface area contributed by atoms with Gasteiger partial charge in [0.1, 0.15) is 0 Å². The fraction of sp³-hybridized carbons (Fsp3) is 0.273. The fourth-order valence-electron chi connectivity index (χ4n) is 1.18. The molecule has 1 nitrogen and oxygen atoms in total.